The van der Waals surface area contributed by atoms with E-state index in [0.717, 1.165) is 32.5 Å². The number of rotatable bonds is 11. The monoisotopic (exact) mass is 775 g/mol. The lowest BCUT2D eigenvalue weighted by atomic mass is 9.32. The van der Waals surface area contributed by atoms with Gasteiger partial charge in [0.2, 0.25) is 0 Å². The van der Waals surface area contributed by atoms with E-state index in [-0.39, 0.29) is 27.1 Å². The molecule has 55 heavy (non-hydrogen) atoms. The molecule has 7 nitrogen and oxygen atoms in total. The number of carboxylic acid groups (broad SMARTS) is 1. The lowest BCUT2D eigenvalue weighted by Crippen LogP contribution is -2.65. The molecule has 9 atom stereocenters. The average molecular weight is 775 g/mol. The van der Waals surface area contributed by atoms with E-state index in [1.807, 2.05) is 12.1 Å². The second-order valence-electron chi connectivity index (χ2n) is 21.0. The summed E-state index contributed by atoms with van der Waals surface area (Å²) in [7, 11) is -2.85. The molecule has 0 spiro atoms. The van der Waals surface area contributed by atoms with Crippen LogP contribution in [0.15, 0.2) is 42.5 Å². The van der Waals surface area contributed by atoms with Gasteiger partial charge in [0.1, 0.15) is 0 Å². The number of hydrogen-bond donors (Lipinski definition) is 1. The summed E-state index contributed by atoms with van der Waals surface area (Å²) in [6.45, 7) is 24.0. The molecule has 0 radical (unpaired) electrons. The molecule has 1 aromatic rings. The van der Waals surface area contributed by atoms with Crippen LogP contribution in [0.1, 0.15) is 135 Å². The van der Waals surface area contributed by atoms with Crippen molar-refractivity contribution < 1.29 is 23.2 Å². The number of hydroxylamine groups is 2. The molecule has 1 aromatic carbocycles. The van der Waals surface area contributed by atoms with Gasteiger partial charge in [-0.25, -0.2) is 13.2 Å². The zero-order valence-electron chi connectivity index (χ0n) is 34.9. The number of benzene rings is 1. The van der Waals surface area contributed by atoms with Gasteiger partial charge in [-0.05, 0) is 170 Å². The second-order valence-corrected chi connectivity index (χ2v) is 23.3. The van der Waals surface area contributed by atoms with E-state index in [9.17, 15) is 18.3 Å². The minimum atomic E-state index is -2.85. The topological polar surface area (TPSA) is 87.2 Å². The smallest absolute Gasteiger partial charge is 0.335 e. The highest BCUT2D eigenvalue weighted by Gasteiger charge is 2.70. The first-order valence-corrected chi connectivity index (χ1v) is 23.8. The number of carbonyl (C=O) groups is 1. The van der Waals surface area contributed by atoms with Crippen molar-refractivity contribution in [2.24, 2.45) is 56.7 Å². The van der Waals surface area contributed by atoms with Crippen molar-refractivity contribution >= 4 is 21.4 Å². The number of fused-ring (bicyclic) bond motifs is 7. The summed E-state index contributed by atoms with van der Waals surface area (Å²) in [5.41, 5.74) is 5.29. The predicted octanol–water partition coefficient (Wildman–Crippen LogP) is 9.55. The summed E-state index contributed by atoms with van der Waals surface area (Å²) in [5.74, 6) is 2.84. The molecular formula is C47H70N2O5S. The second kappa shape index (κ2) is 14.1. The van der Waals surface area contributed by atoms with Gasteiger partial charge in [0.05, 0.1) is 23.7 Å². The molecule has 6 aliphatic carbocycles. The summed E-state index contributed by atoms with van der Waals surface area (Å²) in [6.07, 6.45) is 17.3. The van der Waals surface area contributed by atoms with Crippen LogP contribution in [-0.4, -0.2) is 79.8 Å². The van der Waals surface area contributed by atoms with Crippen LogP contribution in [-0.2, 0) is 14.7 Å². The summed E-state index contributed by atoms with van der Waals surface area (Å²) >= 11 is 0. The third kappa shape index (κ3) is 6.63. The molecular weight excluding hydrogens is 705 g/mol. The first-order valence-electron chi connectivity index (χ1n) is 22.0. The molecule has 1 saturated heterocycles. The van der Waals surface area contributed by atoms with E-state index in [2.05, 4.69) is 64.2 Å². The van der Waals surface area contributed by atoms with Crippen LogP contribution in [0.5, 0.6) is 0 Å². The Morgan fingerprint density at radius 3 is 2.27 bits per heavy atom. The summed E-state index contributed by atoms with van der Waals surface area (Å²) in [6, 6.07) is 8.15. The first kappa shape index (κ1) is 39.8. The van der Waals surface area contributed by atoms with Gasteiger partial charge in [-0.15, -0.1) is 0 Å². The maximum atomic E-state index is 12.0. The Bertz CT molecular complexity index is 1790. The van der Waals surface area contributed by atoms with Gasteiger partial charge in [0.25, 0.3) is 0 Å². The highest BCUT2D eigenvalue weighted by molar-refractivity contribution is 7.91. The van der Waals surface area contributed by atoms with Gasteiger partial charge < -0.3 is 10.0 Å². The van der Waals surface area contributed by atoms with E-state index in [0.29, 0.717) is 65.8 Å². The first-order chi connectivity index (χ1) is 25.9. The molecule has 1 heterocycles. The highest BCUT2D eigenvalue weighted by atomic mass is 32.2. The molecule has 5 saturated carbocycles. The van der Waals surface area contributed by atoms with Gasteiger partial charge in [-0.3, -0.25) is 4.84 Å². The minimum absolute atomic E-state index is 0.00817. The van der Waals surface area contributed by atoms with Crippen LogP contribution in [0.25, 0.3) is 5.57 Å². The SMILES string of the molecule is C=C(C)[C@@H]1CC[C@]2(CON(CCCN3CCS(=O)(=O)CC3)C3CC3)CC[C@]3(C)C(CCC4[C@@]5(C)CC=C(c6ccc(C(=O)O)cc6)C(C)(C)C5CC[C@]43C)C12. The van der Waals surface area contributed by atoms with Crippen molar-refractivity contribution in [3.05, 3.63) is 53.6 Å². The number of hydrogen-bond acceptors (Lipinski definition) is 6. The Morgan fingerprint density at radius 2 is 1.62 bits per heavy atom. The van der Waals surface area contributed by atoms with Crippen LogP contribution in [0.2, 0.25) is 0 Å². The van der Waals surface area contributed by atoms with Crippen LogP contribution in [0, 0.1) is 56.7 Å². The number of aromatic carboxylic acids is 1. The Labute approximate surface area is 332 Å². The zero-order chi connectivity index (χ0) is 39.2. The van der Waals surface area contributed by atoms with E-state index >= 15 is 0 Å². The molecule has 1 N–H and O–H groups in total. The van der Waals surface area contributed by atoms with Gasteiger partial charge in [-0.2, -0.15) is 5.06 Å². The third-order valence-electron chi connectivity index (χ3n) is 18.0. The maximum Gasteiger partial charge on any atom is 0.335 e. The number of carboxylic acids is 1. The number of nitrogens with zero attached hydrogens (tertiary/aromatic N) is 2. The molecule has 1 aliphatic heterocycles. The van der Waals surface area contributed by atoms with Crippen molar-refractivity contribution in [3.8, 4) is 0 Å². The maximum absolute atomic E-state index is 12.0. The largest absolute Gasteiger partial charge is 0.478 e. The molecule has 0 bridgehead atoms. The zero-order valence-corrected chi connectivity index (χ0v) is 35.7. The fraction of sp³-hybridized carbons (Fsp3) is 0.766. The molecule has 6 fully saturated rings. The van der Waals surface area contributed by atoms with E-state index < -0.39 is 15.8 Å². The highest BCUT2D eigenvalue weighted by Crippen LogP contribution is 2.77. The van der Waals surface area contributed by atoms with Gasteiger partial charge in [0.15, 0.2) is 9.84 Å². The fourth-order valence-corrected chi connectivity index (χ4v) is 16.1. The van der Waals surface area contributed by atoms with Crippen molar-refractivity contribution in [2.75, 3.05) is 44.3 Å². The van der Waals surface area contributed by atoms with Crippen LogP contribution >= 0.6 is 0 Å². The van der Waals surface area contributed by atoms with Crippen molar-refractivity contribution in [2.45, 2.75) is 125 Å². The van der Waals surface area contributed by atoms with E-state index in [1.54, 1.807) is 12.1 Å². The molecule has 7 aliphatic rings. The summed E-state index contributed by atoms with van der Waals surface area (Å²) < 4.78 is 23.9. The van der Waals surface area contributed by atoms with Gasteiger partial charge in [-0.1, -0.05) is 65.0 Å². The van der Waals surface area contributed by atoms with Crippen LogP contribution in [0.3, 0.4) is 0 Å². The summed E-state index contributed by atoms with van der Waals surface area (Å²) in [5, 5.41) is 11.9. The van der Waals surface area contributed by atoms with Gasteiger partial charge in [0, 0.05) is 25.7 Å². The Hall–Kier alpha value is -2.00. The lowest BCUT2D eigenvalue weighted by Gasteiger charge is -2.72. The van der Waals surface area contributed by atoms with Crippen LogP contribution < -0.4 is 0 Å². The molecule has 8 rings (SSSR count). The minimum Gasteiger partial charge on any atom is -0.478 e. The molecule has 4 unspecified atom stereocenters. The van der Waals surface area contributed by atoms with Crippen LogP contribution in [0.4, 0.5) is 0 Å². The van der Waals surface area contributed by atoms with Crippen molar-refractivity contribution in [1.29, 1.82) is 0 Å². The molecule has 304 valence electrons. The van der Waals surface area contributed by atoms with E-state index in [1.165, 1.54) is 80.9 Å². The standard InChI is InChI=1S/C47H70N2O5S/c1-32(2)36-17-22-47(31-54-49(35-13-14-35)26-8-25-48-27-29-55(52,53)30-28-48)24-23-45(6)38(41(36)47)15-16-40-44(5)20-18-37(33-9-11-34(12-10-33)42(50)51)43(3,4)39(44)19-21-46(40,45)7/h9-12,18,35-36,38-41H,1,8,13-17,19-31H2,2-7H3,(H,50,51)/t36-,38?,39?,40?,41?,44-,45+,46+,47+/m0/s1. The average Bonchev–Trinajstić information content (AvgIpc) is 3.90. The number of sulfone groups is 1. The predicted molar refractivity (Wildman–Crippen MR) is 221 cm³/mol. The van der Waals surface area contributed by atoms with Crippen molar-refractivity contribution in [3.63, 3.8) is 0 Å². The Kier molecular flexibility index (Phi) is 10.2. The van der Waals surface area contributed by atoms with E-state index in [4.69, 9.17) is 4.84 Å². The molecule has 8 heteroatoms. The quantitative estimate of drug-likeness (QED) is 0.177. The third-order valence-corrected chi connectivity index (χ3v) is 19.6. The Balaban J connectivity index is 1.01. The number of allylic oxidation sites excluding steroid dienone is 3. The Morgan fingerprint density at radius 1 is 0.909 bits per heavy atom. The molecule has 0 aromatic heterocycles. The van der Waals surface area contributed by atoms with Gasteiger partial charge >= 0.3 is 5.97 Å². The summed E-state index contributed by atoms with van der Waals surface area (Å²) in [4.78, 5) is 21.0. The normalized spacial score (nSPS) is 40.7. The molecule has 0 amide bonds. The van der Waals surface area contributed by atoms with Crippen molar-refractivity contribution in [1.82, 2.24) is 9.96 Å². The fourth-order valence-electron chi connectivity index (χ4n) is 14.8. The lowest BCUT2D eigenvalue weighted by molar-refractivity contribution is -0.248.